The Morgan fingerprint density at radius 3 is 2.18 bits per heavy atom. The van der Waals surface area contributed by atoms with Crippen LogP contribution in [0.5, 0.6) is 0 Å². The van der Waals surface area contributed by atoms with E-state index in [1.807, 2.05) is 0 Å². The standard InChI is InChI=1S/C10H18N2O5/c1-7(9(15)17-4)5-11(2)10(16)12(3)6-8(13)14/h7H,5-6H2,1-4H3,(H,13,14). The molecule has 0 aromatic heterocycles. The van der Waals surface area contributed by atoms with Gasteiger partial charge >= 0.3 is 18.0 Å². The summed E-state index contributed by atoms with van der Waals surface area (Å²) in [5.41, 5.74) is 0. The average molecular weight is 246 g/mol. The molecule has 0 aliphatic carbocycles. The van der Waals surface area contributed by atoms with E-state index in [0.717, 1.165) is 4.90 Å². The molecule has 0 aliphatic heterocycles. The highest BCUT2D eigenvalue weighted by Gasteiger charge is 2.21. The molecule has 0 aromatic carbocycles. The van der Waals surface area contributed by atoms with Gasteiger partial charge in [-0.15, -0.1) is 0 Å². The minimum Gasteiger partial charge on any atom is -0.480 e. The highest BCUT2D eigenvalue weighted by atomic mass is 16.5. The van der Waals surface area contributed by atoms with Crippen LogP contribution in [0.15, 0.2) is 0 Å². The second-order valence-electron chi connectivity index (χ2n) is 3.84. The Morgan fingerprint density at radius 2 is 1.76 bits per heavy atom. The third-order valence-corrected chi connectivity index (χ3v) is 2.18. The summed E-state index contributed by atoms with van der Waals surface area (Å²) < 4.78 is 4.53. The Hall–Kier alpha value is -1.79. The van der Waals surface area contributed by atoms with Gasteiger partial charge in [-0.1, -0.05) is 6.92 Å². The van der Waals surface area contributed by atoms with Crippen LogP contribution in [-0.4, -0.2) is 67.2 Å². The summed E-state index contributed by atoms with van der Waals surface area (Å²) in [5.74, 6) is -1.95. The van der Waals surface area contributed by atoms with Gasteiger partial charge in [-0.25, -0.2) is 4.79 Å². The minimum atomic E-state index is -1.09. The lowest BCUT2D eigenvalue weighted by atomic mass is 10.2. The van der Waals surface area contributed by atoms with Crippen LogP contribution >= 0.6 is 0 Å². The second-order valence-corrected chi connectivity index (χ2v) is 3.84. The van der Waals surface area contributed by atoms with E-state index in [2.05, 4.69) is 4.74 Å². The highest BCUT2D eigenvalue weighted by Crippen LogP contribution is 2.03. The Balaban J connectivity index is 4.31. The van der Waals surface area contributed by atoms with Gasteiger partial charge in [0.2, 0.25) is 0 Å². The number of rotatable bonds is 5. The van der Waals surface area contributed by atoms with Crippen molar-refractivity contribution >= 4 is 18.0 Å². The maximum Gasteiger partial charge on any atom is 0.323 e. The Bertz CT molecular complexity index is 305. The third kappa shape index (κ3) is 5.19. The van der Waals surface area contributed by atoms with Crippen molar-refractivity contribution < 1.29 is 24.2 Å². The first-order valence-corrected chi connectivity index (χ1v) is 5.05. The summed E-state index contributed by atoms with van der Waals surface area (Å²) in [5, 5.41) is 8.54. The quantitative estimate of drug-likeness (QED) is 0.682. The van der Waals surface area contributed by atoms with E-state index in [1.165, 1.54) is 26.1 Å². The molecule has 0 radical (unpaired) electrons. The predicted octanol–water partition coefficient (Wildman–Crippen LogP) is -0.136. The molecule has 0 aromatic rings. The molecule has 0 heterocycles. The number of carboxylic acid groups (broad SMARTS) is 1. The normalized spacial score (nSPS) is 11.5. The predicted molar refractivity (Wildman–Crippen MR) is 59.5 cm³/mol. The number of carbonyl (C=O) groups is 3. The third-order valence-electron chi connectivity index (χ3n) is 2.18. The fourth-order valence-electron chi connectivity index (χ4n) is 1.33. The molecule has 0 spiro atoms. The van der Waals surface area contributed by atoms with E-state index >= 15 is 0 Å². The molecule has 0 saturated carbocycles. The van der Waals surface area contributed by atoms with E-state index in [9.17, 15) is 14.4 Å². The molecule has 2 amide bonds. The van der Waals surface area contributed by atoms with Gasteiger partial charge in [0.15, 0.2) is 0 Å². The number of nitrogens with zero attached hydrogens (tertiary/aromatic N) is 2. The first kappa shape index (κ1) is 15.2. The number of methoxy groups -OCH3 is 1. The van der Waals surface area contributed by atoms with Crippen molar-refractivity contribution in [2.45, 2.75) is 6.92 Å². The maximum absolute atomic E-state index is 11.7. The SMILES string of the molecule is COC(=O)C(C)CN(C)C(=O)N(C)CC(=O)O. The molecule has 0 bridgehead atoms. The molecule has 7 heteroatoms. The van der Waals surface area contributed by atoms with Crippen LogP contribution in [0, 0.1) is 5.92 Å². The number of hydrogen-bond donors (Lipinski definition) is 1. The van der Waals surface area contributed by atoms with Gasteiger partial charge in [0, 0.05) is 20.6 Å². The van der Waals surface area contributed by atoms with Gasteiger partial charge in [0.05, 0.1) is 13.0 Å². The summed E-state index contributed by atoms with van der Waals surface area (Å²) in [7, 11) is 4.16. The second kappa shape index (κ2) is 6.72. The van der Waals surface area contributed by atoms with Crippen LogP contribution in [0.4, 0.5) is 4.79 Å². The van der Waals surface area contributed by atoms with Crippen LogP contribution < -0.4 is 0 Å². The zero-order chi connectivity index (χ0) is 13.6. The fraction of sp³-hybridized carbons (Fsp3) is 0.700. The lowest BCUT2D eigenvalue weighted by molar-refractivity contribution is -0.145. The zero-order valence-corrected chi connectivity index (χ0v) is 10.5. The molecular weight excluding hydrogens is 228 g/mol. The summed E-state index contributed by atoms with van der Waals surface area (Å²) >= 11 is 0. The summed E-state index contributed by atoms with van der Waals surface area (Å²) in [6.07, 6.45) is 0. The molecule has 0 rings (SSSR count). The van der Waals surface area contributed by atoms with Crippen LogP contribution in [0.3, 0.4) is 0 Å². The van der Waals surface area contributed by atoms with Crippen molar-refractivity contribution in [3.05, 3.63) is 0 Å². The summed E-state index contributed by atoms with van der Waals surface area (Å²) in [6.45, 7) is 1.43. The van der Waals surface area contributed by atoms with Gasteiger partial charge in [-0.2, -0.15) is 0 Å². The Morgan fingerprint density at radius 1 is 1.24 bits per heavy atom. The maximum atomic E-state index is 11.7. The molecule has 1 atom stereocenters. The average Bonchev–Trinajstić information content (AvgIpc) is 2.25. The molecule has 0 aliphatic rings. The van der Waals surface area contributed by atoms with E-state index in [4.69, 9.17) is 5.11 Å². The van der Waals surface area contributed by atoms with Crippen molar-refractivity contribution in [2.75, 3.05) is 34.3 Å². The van der Waals surface area contributed by atoms with Crippen LogP contribution in [0.2, 0.25) is 0 Å². The van der Waals surface area contributed by atoms with Crippen LogP contribution in [0.1, 0.15) is 6.92 Å². The molecule has 0 fully saturated rings. The van der Waals surface area contributed by atoms with Gasteiger partial charge < -0.3 is 19.6 Å². The van der Waals surface area contributed by atoms with Crippen LogP contribution in [0.25, 0.3) is 0 Å². The van der Waals surface area contributed by atoms with Crippen molar-refractivity contribution in [3.8, 4) is 0 Å². The molecule has 0 saturated heterocycles. The largest absolute Gasteiger partial charge is 0.480 e. The fourth-order valence-corrected chi connectivity index (χ4v) is 1.33. The van der Waals surface area contributed by atoms with E-state index in [-0.39, 0.29) is 13.1 Å². The van der Waals surface area contributed by atoms with Gasteiger partial charge in [0.1, 0.15) is 6.54 Å². The molecular formula is C10H18N2O5. The van der Waals surface area contributed by atoms with Gasteiger partial charge in [-0.3, -0.25) is 9.59 Å². The molecule has 1 unspecified atom stereocenters. The molecule has 98 valence electrons. The number of carbonyl (C=O) groups excluding carboxylic acids is 2. The first-order valence-electron chi connectivity index (χ1n) is 5.05. The van der Waals surface area contributed by atoms with E-state index in [0.29, 0.717) is 0 Å². The molecule has 7 nitrogen and oxygen atoms in total. The number of carboxylic acids is 1. The van der Waals surface area contributed by atoms with Gasteiger partial charge in [0.25, 0.3) is 0 Å². The summed E-state index contributed by atoms with van der Waals surface area (Å²) in [6, 6.07) is -0.455. The zero-order valence-electron chi connectivity index (χ0n) is 10.5. The number of aliphatic carboxylic acids is 1. The van der Waals surface area contributed by atoms with E-state index in [1.54, 1.807) is 6.92 Å². The van der Waals surface area contributed by atoms with Crippen molar-refractivity contribution in [1.82, 2.24) is 9.80 Å². The van der Waals surface area contributed by atoms with Crippen molar-refractivity contribution in [2.24, 2.45) is 5.92 Å². The number of ether oxygens (including phenoxy) is 1. The lowest BCUT2D eigenvalue weighted by Crippen LogP contribution is -2.43. The number of amides is 2. The van der Waals surface area contributed by atoms with Crippen LogP contribution in [-0.2, 0) is 14.3 Å². The molecule has 17 heavy (non-hydrogen) atoms. The lowest BCUT2D eigenvalue weighted by Gasteiger charge is -2.25. The first-order chi connectivity index (χ1) is 7.79. The number of hydrogen-bond acceptors (Lipinski definition) is 4. The van der Waals surface area contributed by atoms with Gasteiger partial charge in [-0.05, 0) is 0 Å². The van der Waals surface area contributed by atoms with Crippen molar-refractivity contribution in [3.63, 3.8) is 0 Å². The minimum absolute atomic E-state index is 0.176. The van der Waals surface area contributed by atoms with E-state index < -0.39 is 23.9 Å². The topological polar surface area (TPSA) is 87.2 Å². The summed E-state index contributed by atoms with van der Waals surface area (Å²) in [4.78, 5) is 35.6. The number of urea groups is 1. The van der Waals surface area contributed by atoms with Crippen molar-refractivity contribution in [1.29, 1.82) is 0 Å². The Labute approximate surface area is 99.9 Å². The highest BCUT2D eigenvalue weighted by molar-refractivity contribution is 5.80. The number of likely N-dealkylation sites (N-methyl/N-ethyl adjacent to an activating group) is 1. The molecule has 1 N–H and O–H groups in total. The monoisotopic (exact) mass is 246 g/mol. The smallest absolute Gasteiger partial charge is 0.323 e. The Kier molecular flexibility index (Phi) is 6.01. The number of esters is 1.